The summed E-state index contributed by atoms with van der Waals surface area (Å²) in [5.41, 5.74) is 0.590. The van der Waals surface area contributed by atoms with E-state index in [4.69, 9.17) is 4.74 Å². The Morgan fingerprint density at radius 2 is 1.67 bits per heavy atom. The summed E-state index contributed by atoms with van der Waals surface area (Å²) < 4.78 is 30.9. The van der Waals surface area contributed by atoms with E-state index in [1.807, 2.05) is 0 Å². The summed E-state index contributed by atoms with van der Waals surface area (Å²) in [6, 6.07) is 13.5. The molecule has 0 bridgehead atoms. The molecular formula is C13H9BrF2MgO. The Morgan fingerprint density at radius 1 is 1.00 bits per heavy atom. The van der Waals surface area contributed by atoms with E-state index < -0.39 is 11.6 Å². The minimum absolute atomic E-state index is 0. The minimum Gasteiger partial charge on any atom is -1.00 e. The second kappa shape index (κ2) is 8.45. The van der Waals surface area contributed by atoms with E-state index >= 15 is 0 Å². The maximum Gasteiger partial charge on any atom is 2.00 e. The molecule has 0 amide bonds. The third-order valence-corrected chi connectivity index (χ3v) is 2.08. The quantitative estimate of drug-likeness (QED) is 0.569. The monoisotopic (exact) mass is 322 g/mol. The molecule has 90 valence electrons. The van der Waals surface area contributed by atoms with Crippen LogP contribution in [0.25, 0.3) is 0 Å². The topological polar surface area (TPSA) is 9.23 Å². The molecule has 0 atom stereocenters. The third kappa shape index (κ3) is 4.92. The molecule has 2 aromatic carbocycles. The first-order valence-electron chi connectivity index (χ1n) is 4.78. The van der Waals surface area contributed by atoms with Gasteiger partial charge in [0.2, 0.25) is 0 Å². The van der Waals surface area contributed by atoms with Crippen molar-refractivity contribution in [1.29, 1.82) is 0 Å². The summed E-state index contributed by atoms with van der Waals surface area (Å²) >= 11 is 0. The van der Waals surface area contributed by atoms with Crippen LogP contribution in [0, 0.1) is 17.7 Å². The normalized spacial score (nSPS) is 9.00. The predicted molar refractivity (Wildman–Crippen MR) is 61.7 cm³/mol. The van der Waals surface area contributed by atoms with Gasteiger partial charge in [-0.3, -0.25) is 0 Å². The van der Waals surface area contributed by atoms with Crippen LogP contribution in [0.5, 0.6) is 5.75 Å². The van der Waals surface area contributed by atoms with Crippen LogP contribution in [0.1, 0.15) is 5.56 Å². The fourth-order valence-corrected chi connectivity index (χ4v) is 1.26. The Balaban J connectivity index is 0.00000144. The summed E-state index contributed by atoms with van der Waals surface area (Å²) in [6.07, 6.45) is 0. The van der Waals surface area contributed by atoms with Crippen molar-refractivity contribution in [1.82, 2.24) is 0 Å². The van der Waals surface area contributed by atoms with Gasteiger partial charge < -0.3 is 21.7 Å². The van der Waals surface area contributed by atoms with Gasteiger partial charge in [0.15, 0.2) is 11.6 Å². The van der Waals surface area contributed by atoms with Crippen LogP contribution in [-0.2, 0) is 6.61 Å². The molecule has 0 saturated carbocycles. The molecule has 2 aromatic rings. The predicted octanol–water partition coefficient (Wildman–Crippen LogP) is -0.0328. The molecule has 18 heavy (non-hydrogen) atoms. The van der Waals surface area contributed by atoms with E-state index in [1.54, 1.807) is 24.3 Å². The maximum absolute atomic E-state index is 12.9. The van der Waals surface area contributed by atoms with Gasteiger partial charge in [-0.25, -0.2) is 8.78 Å². The first-order chi connectivity index (χ1) is 7.75. The zero-order valence-corrected chi connectivity index (χ0v) is 12.5. The molecule has 0 spiro atoms. The van der Waals surface area contributed by atoms with Gasteiger partial charge in [-0.2, -0.15) is 18.2 Å². The Morgan fingerprint density at radius 3 is 2.28 bits per heavy atom. The zero-order chi connectivity index (χ0) is 11.4. The van der Waals surface area contributed by atoms with Gasteiger partial charge in [-0.05, 0) is 17.7 Å². The van der Waals surface area contributed by atoms with Gasteiger partial charge in [-0.1, -0.05) is 6.07 Å². The Hall–Kier alpha value is -0.654. The summed E-state index contributed by atoms with van der Waals surface area (Å²) in [4.78, 5) is 0. The van der Waals surface area contributed by atoms with Crippen molar-refractivity contribution >= 4 is 23.1 Å². The number of hydrogen-bond donors (Lipinski definition) is 0. The van der Waals surface area contributed by atoms with E-state index in [9.17, 15) is 8.78 Å². The molecule has 0 unspecified atom stereocenters. The molecule has 0 aliphatic rings. The summed E-state index contributed by atoms with van der Waals surface area (Å²) in [6.45, 7) is 0.210. The summed E-state index contributed by atoms with van der Waals surface area (Å²) in [5, 5.41) is 0. The third-order valence-electron chi connectivity index (χ3n) is 2.08. The van der Waals surface area contributed by atoms with Crippen molar-refractivity contribution < 1.29 is 30.5 Å². The smallest absolute Gasteiger partial charge is 1.00 e. The van der Waals surface area contributed by atoms with Crippen LogP contribution >= 0.6 is 0 Å². The van der Waals surface area contributed by atoms with E-state index in [0.29, 0.717) is 11.3 Å². The van der Waals surface area contributed by atoms with Crippen molar-refractivity contribution in [3.05, 3.63) is 65.7 Å². The van der Waals surface area contributed by atoms with E-state index in [2.05, 4.69) is 6.07 Å². The van der Waals surface area contributed by atoms with Gasteiger partial charge >= 0.3 is 23.1 Å². The molecule has 0 heterocycles. The molecule has 0 saturated heterocycles. The van der Waals surface area contributed by atoms with Crippen LogP contribution < -0.4 is 21.7 Å². The standard InChI is InChI=1S/C13H9F2O.BrH.Mg/c14-12-7-6-10(8-13(12)15)9-16-11-4-2-1-3-5-11;;/h2-8H,9H2;1H;/q-1;;+2/p-1. The minimum atomic E-state index is -0.859. The Kier molecular flexibility index (Phi) is 8.14. The maximum atomic E-state index is 12.9. The molecule has 0 radical (unpaired) electrons. The first-order valence-corrected chi connectivity index (χ1v) is 4.78. The van der Waals surface area contributed by atoms with Crippen molar-refractivity contribution in [3.8, 4) is 5.75 Å². The van der Waals surface area contributed by atoms with Crippen molar-refractivity contribution in [2.45, 2.75) is 6.61 Å². The molecule has 0 aliphatic carbocycles. The Bertz CT molecular complexity index is 480. The van der Waals surface area contributed by atoms with Crippen LogP contribution in [0.2, 0.25) is 0 Å². The van der Waals surface area contributed by atoms with Crippen LogP contribution in [0.3, 0.4) is 0 Å². The van der Waals surface area contributed by atoms with Gasteiger partial charge in [0.1, 0.15) is 6.61 Å². The molecule has 0 fully saturated rings. The first kappa shape index (κ1) is 17.3. The van der Waals surface area contributed by atoms with Crippen LogP contribution in [0.4, 0.5) is 8.78 Å². The van der Waals surface area contributed by atoms with Gasteiger partial charge in [0.05, 0.1) is 0 Å². The number of hydrogen-bond acceptors (Lipinski definition) is 1. The number of benzene rings is 2. The molecule has 0 N–H and O–H groups in total. The van der Waals surface area contributed by atoms with Crippen molar-refractivity contribution in [3.63, 3.8) is 0 Å². The fraction of sp³-hybridized carbons (Fsp3) is 0.0769. The molecule has 1 nitrogen and oxygen atoms in total. The van der Waals surface area contributed by atoms with Crippen LogP contribution in [0.15, 0.2) is 42.5 Å². The average Bonchev–Trinajstić information content (AvgIpc) is 2.32. The Labute approximate surface area is 131 Å². The van der Waals surface area contributed by atoms with Gasteiger partial charge in [0, 0.05) is 5.75 Å². The van der Waals surface area contributed by atoms with Crippen molar-refractivity contribution in [2.75, 3.05) is 0 Å². The number of halogens is 3. The fourth-order valence-electron chi connectivity index (χ4n) is 1.26. The summed E-state index contributed by atoms with van der Waals surface area (Å²) in [7, 11) is 0. The molecule has 2 rings (SSSR count). The SMILES string of the molecule is Fc1ccc(COc2cc[c-]cc2)cc1F.[Br-].[Mg+2]. The van der Waals surface area contributed by atoms with Crippen LogP contribution in [-0.4, -0.2) is 23.1 Å². The number of ether oxygens (including phenoxy) is 1. The van der Waals surface area contributed by atoms with Gasteiger partial charge in [0.25, 0.3) is 0 Å². The van der Waals surface area contributed by atoms with Gasteiger partial charge in [-0.15, -0.1) is 12.1 Å². The van der Waals surface area contributed by atoms with E-state index in [1.165, 1.54) is 6.07 Å². The molecular weight excluding hydrogens is 314 g/mol. The molecule has 0 aromatic heterocycles. The van der Waals surface area contributed by atoms with Crippen molar-refractivity contribution in [2.24, 2.45) is 0 Å². The average molecular weight is 323 g/mol. The van der Waals surface area contributed by atoms with E-state index in [0.717, 1.165) is 12.1 Å². The molecule has 5 heteroatoms. The zero-order valence-electron chi connectivity index (χ0n) is 9.50. The second-order valence-electron chi connectivity index (χ2n) is 3.27. The second-order valence-corrected chi connectivity index (χ2v) is 3.27. The number of rotatable bonds is 3. The van der Waals surface area contributed by atoms with E-state index in [-0.39, 0.29) is 46.6 Å². The largest absolute Gasteiger partial charge is 2.00 e. The molecule has 0 aliphatic heterocycles. The summed E-state index contributed by atoms with van der Waals surface area (Å²) in [5.74, 6) is -1.04.